The molecule has 1 aliphatic heterocycles. The topological polar surface area (TPSA) is 113 Å². The third-order valence-electron chi connectivity index (χ3n) is 2.82. The lowest BCUT2D eigenvalue weighted by Crippen LogP contribution is -2.48. The second kappa shape index (κ2) is 5.27. The van der Waals surface area contributed by atoms with Gasteiger partial charge in [-0.3, -0.25) is 9.59 Å². The molecule has 100 valence electrons. The van der Waals surface area contributed by atoms with Gasteiger partial charge in [-0.25, -0.2) is 8.78 Å². The highest BCUT2D eigenvalue weighted by Gasteiger charge is 2.51. The number of carbonyl (C=O) groups excluding carboxylic acids is 2. The van der Waals surface area contributed by atoms with Crippen LogP contribution in [0, 0.1) is 11.3 Å². The van der Waals surface area contributed by atoms with Crippen molar-refractivity contribution in [2.24, 2.45) is 11.5 Å². The van der Waals surface area contributed by atoms with Crippen LogP contribution in [0.3, 0.4) is 0 Å². The molecule has 0 aromatic rings. The van der Waals surface area contributed by atoms with Crippen LogP contribution in [0.25, 0.3) is 0 Å². The minimum Gasteiger partial charge on any atom is -0.370 e. The van der Waals surface area contributed by atoms with E-state index in [1.807, 2.05) is 0 Å². The van der Waals surface area contributed by atoms with Crippen molar-refractivity contribution in [1.82, 2.24) is 4.90 Å². The van der Waals surface area contributed by atoms with Crippen LogP contribution in [-0.2, 0) is 9.59 Å². The number of rotatable bonds is 4. The quantitative estimate of drug-likeness (QED) is 0.698. The van der Waals surface area contributed by atoms with Crippen LogP contribution in [0.2, 0.25) is 0 Å². The third-order valence-corrected chi connectivity index (χ3v) is 2.82. The summed E-state index contributed by atoms with van der Waals surface area (Å²) in [7, 11) is 0. The van der Waals surface area contributed by atoms with Crippen molar-refractivity contribution < 1.29 is 18.4 Å². The monoisotopic (exact) mass is 260 g/mol. The second-order valence-electron chi connectivity index (χ2n) is 4.19. The molecule has 0 saturated carbocycles. The highest BCUT2D eigenvalue weighted by atomic mass is 19.3. The van der Waals surface area contributed by atoms with E-state index in [-0.39, 0.29) is 19.4 Å². The number of likely N-dealkylation sites (tertiary alicyclic amines) is 1. The molecule has 8 heteroatoms. The second-order valence-corrected chi connectivity index (χ2v) is 4.19. The molecule has 1 aliphatic rings. The first-order valence-electron chi connectivity index (χ1n) is 5.41. The molecular weight excluding hydrogens is 246 g/mol. The zero-order valence-electron chi connectivity index (χ0n) is 9.60. The number of hydrogen-bond donors (Lipinski definition) is 2. The van der Waals surface area contributed by atoms with Gasteiger partial charge in [0.05, 0.1) is 12.1 Å². The summed E-state index contributed by atoms with van der Waals surface area (Å²) < 4.78 is 26.5. The lowest BCUT2D eigenvalue weighted by molar-refractivity contribution is -0.135. The first-order chi connectivity index (χ1) is 8.29. The highest BCUT2D eigenvalue weighted by Crippen LogP contribution is 2.33. The van der Waals surface area contributed by atoms with Gasteiger partial charge in [0.25, 0.3) is 5.92 Å². The summed E-state index contributed by atoms with van der Waals surface area (Å²) in [4.78, 5) is 23.1. The minimum atomic E-state index is -3.21. The maximum Gasteiger partial charge on any atom is 0.283 e. The lowest BCUT2D eigenvalue weighted by atomic mass is 10.1. The van der Waals surface area contributed by atoms with Crippen LogP contribution in [0.1, 0.15) is 19.3 Å². The Morgan fingerprint density at radius 2 is 2.17 bits per heavy atom. The predicted molar refractivity (Wildman–Crippen MR) is 57.1 cm³/mol. The van der Waals surface area contributed by atoms with Crippen molar-refractivity contribution >= 4 is 11.8 Å². The average molecular weight is 260 g/mol. The molecule has 2 amide bonds. The molecule has 0 unspecified atom stereocenters. The van der Waals surface area contributed by atoms with Gasteiger partial charge in [0, 0.05) is 19.4 Å². The standard InChI is InChI=1S/C10H14F2N4O2/c11-10(12)3-4-16(7(10)5-13)9(18)6(14)1-2-8(15)17/h6-7H,1-4,14H2,(H2,15,17)/t6-,7-/m0/s1. The molecule has 1 fully saturated rings. The molecule has 0 radical (unpaired) electrons. The fourth-order valence-corrected chi connectivity index (χ4v) is 1.80. The van der Waals surface area contributed by atoms with E-state index in [1.54, 1.807) is 0 Å². The van der Waals surface area contributed by atoms with Gasteiger partial charge in [-0.05, 0) is 6.42 Å². The molecule has 1 rings (SSSR count). The fraction of sp³-hybridized carbons (Fsp3) is 0.700. The van der Waals surface area contributed by atoms with Crippen molar-refractivity contribution in [3.05, 3.63) is 0 Å². The molecule has 0 aromatic heterocycles. The Bertz CT molecular complexity index is 394. The molecule has 0 bridgehead atoms. The zero-order chi connectivity index (χ0) is 13.9. The SMILES string of the molecule is N#C[C@@H]1N(C(=O)[C@@H](N)CCC(N)=O)CCC1(F)F. The van der Waals surface area contributed by atoms with Gasteiger partial charge in [0.2, 0.25) is 11.8 Å². The summed E-state index contributed by atoms with van der Waals surface area (Å²) in [6, 6.07) is -1.47. The number of amides is 2. The Labute approximate surface area is 103 Å². The summed E-state index contributed by atoms with van der Waals surface area (Å²) >= 11 is 0. The smallest absolute Gasteiger partial charge is 0.283 e. The maximum absolute atomic E-state index is 13.3. The van der Waals surface area contributed by atoms with Crippen molar-refractivity contribution in [2.75, 3.05) is 6.54 Å². The number of nitrogens with two attached hydrogens (primary N) is 2. The van der Waals surface area contributed by atoms with E-state index in [0.717, 1.165) is 4.90 Å². The van der Waals surface area contributed by atoms with E-state index in [0.29, 0.717) is 0 Å². The van der Waals surface area contributed by atoms with E-state index < -0.39 is 36.2 Å². The summed E-state index contributed by atoms with van der Waals surface area (Å²) in [5.41, 5.74) is 10.4. The Morgan fingerprint density at radius 3 is 2.67 bits per heavy atom. The number of primary amides is 1. The van der Waals surface area contributed by atoms with Crippen molar-refractivity contribution in [3.63, 3.8) is 0 Å². The number of nitrogens with zero attached hydrogens (tertiary/aromatic N) is 2. The predicted octanol–water partition coefficient (Wildman–Crippen LogP) is -0.661. The molecule has 1 saturated heterocycles. The summed E-state index contributed by atoms with van der Waals surface area (Å²) in [6.45, 7) is -0.214. The maximum atomic E-state index is 13.3. The summed E-state index contributed by atoms with van der Waals surface area (Å²) in [6.07, 6.45) is -0.678. The average Bonchev–Trinajstić information content (AvgIpc) is 2.59. The van der Waals surface area contributed by atoms with Gasteiger partial charge in [-0.15, -0.1) is 0 Å². The minimum absolute atomic E-state index is 0.0195. The molecule has 4 N–H and O–H groups in total. The highest BCUT2D eigenvalue weighted by molar-refractivity contribution is 5.83. The molecule has 0 spiro atoms. The van der Waals surface area contributed by atoms with Crippen LogP contribution in [0.4, 0.5) is 8.78 Å². The Kier molecular flexibility index (Phi) is 4.19. The van der Waals surface area contributed by atoms with E-state index in [9.17, 15) is 18.4 Å². The Balaban J connectivity index is 2.68. The van der Waals surface area contributed by atoms with Gasteiger partial charge in [0.1, 0.15) is 0 Å². The first kappa shape index (κ1) is 14.3. The number of halogens is 2. The van der Waals surface area contributed by atoms with E-state index in [1.165, 1.54) is 6.07 Å². The van der Waals surface area contributed by atoms with Crippen LogP contribution < -0.4 is 11.5 Å². The summed E-state index contributed by atoms with van der Waals surface area (Å²) in [5.74, 6) is -4.59. The van der Waals surface area contributed by atoms with Gasteiger partial charge >= 0.3 is 0 Å². The van der Waals surface area contributed by atoms with E-state index >= 15 is 0 Å². The molecule has 0 aromatic carbocycles. The van der Waals surface area contributed by atoms with Crippen LogP contribution in [0.15, 0.2) is 0 Å². The molecule has 0 aliphatic carbocycles. The first-order valence-corrected chi connectivity index (χ1v) is 5.41. The zero-order valence-corrected chi connectivity index (χ0v) is 9.60. The molecule has 6 nitrogen and oxygen atoms in total. The van der Waals surface area contributed by atoms with Crippen molar-refractivity contribution in [2.45, 2.75) is 37.3 Å². The molecule has 1 heterocycles. The molecule has 2 atom stereocenters. The van der Waals surface area contributed by atoms with Crippen LogP contribution in [0.5, 0.6) is 0 Å². The van der Waals surface area contributed by atoms with E-state index in [4.69, 9.17) is 16.7 Å². The Hall–Kier alpha value is -1.75. The number of alkyl halides is 2. The normalized spacial score (nSPS) is 23.4. The molecular formula is C10H14F2N4O2. The van der Waals surface area contributed by atoms with E-state index in [2.05, 4.69) is 0 Å². The number of hydrogen-bond acceptors (Lipinski definition) is 4. The number of carbonyl (C=O) groups is 2. The summed E-state index contributed by atoms with van der Waals surface area (Å²) in [5, 5.41) is 8.68. The van der Waals surface area contributed by atoms with Crippen LogP contribution >= 0.6 is 0 Å². The van der Waals surface area contributed by atoms with Gasteiger partial charge in [0.15, 0.2) is 6.04 Å². The van der Waals surface area contributed by atoms with Crippen LogP contribution in [-0.4, -0.2) is 41.3 Å². The third kappa shape index (κ3) is 2.92. The fourth-order valence-electron chi connectivity index (χ4n) is 1.80. The van der Waals surface area contributed by atoms with Crippen molar-refractivity contribution in [3.8, 4) is 6.07 Å². The van der Waals surface area contributed by atoms with Gasteiger partial charge in [-0.2, -0.15) is 5.26 Å². The van der Waals surface area contributed by atoms with Crippen molar-refractivity contribution in [1.29, 1.82) is 5.26 Å². The molecule has 18 heavy (non-hydrogen) atoms. The Morgan fingerprint density at radius 1 is 1.56 bits per heavy atom. The number of nitriles is 1. The largest absolute Gasteiger partial charge is 0.370 e. The van der Waals surface area contributed by atoms with Gasteiger partial charge in [-0.1, -0.05) is 0 Å². The van der Waals surface area contributed by atoms with Gasteiger partial charge < -0.3 is 16.4 Å². The lowest BCUT2D eigenvalue weighted by Gasteiger charge is -2.24.